The first-order valence-corrected chi connectivity index (χ1v) is 10.1. The number of para-hydroxylation sites is 1. The maximum absolute atomic E-state index is 12.9. The molecule has 0 fully saturated rings. The van der Waals surface area contributed by atoms with E-state index in [2.05, 4.69) is 4.99 Å². The molecule has 0 amide bonds. The van der Waals surface area contributed by atoms with Gasteiger partial charge in [0, 0.05) is 23.9 Å². The first-order chi connectivity index (χ1) is 15.0. The minimum Gasteiger partial charge on any atom is -0.494 e. The molecule has 156 valence electrons. The Hall–Kier alpha value is -3.98. The summed E-state index contributed by atoms with van der Waals surface area (Å²) in [7, 11) is 0. The number of hydrogen-bond acceptors (Lipinski definition) is 5. The van der Waals surface area contributed by atoms with Crippen molar-refractivity contribution in [3.05, 3.63) is 92.8 Å². The van der Waals surface area contributed by atoms with E-state index in [-0.39, 0.29) is 22.8 Å². The van der Waals surface area contributed by atoms with Crippen molar-refractivity contribution in [1.29, 1.82) is 5.26 Å². The molecule has 0 atom stereocenters. The van der Waals surface area contributed by atoms with Crippen molar-refractivity contribution in [3.63, 3.8) is 0 Å². The summed E-state index contributed by atoms with van der Waals surface area (Å²) in [5, 5.41) is 20.2. The molecule has 1 heterocycles. The monoisotopic (exact) mass is 413 g/mol. The van der Waals surface area contributed by atoms with E-state index in [4.69, 9.17) is 0 Å². The predicted octanol–water partition coefficient (Wildman–Crippen LogP) is 4.52. The summed E-state index contributed by atoms with van der Waals surface area (Å²) in [6.07, 6.45) is 2.93. The van der Waals surface area contributed by atoms with Crippen LogP contribution in [0.5, 0.6) is 5.88 Å². The Labute approximate surface area is 180 Å². The van der Waals surface area contributed by atoms with Gasteiger partial charge in [0.25, 0.3) is 5.56 Å². The standard InChI is InChI=1S/C25H23N3O3/c1-3-4-14-28-24(30)20(15-26)17(2)21(25(28)31)16-27-22-13-9-8-12-19(22)23(29)18-10-6-5-7-11-18/h5-13,16,31H,3-4,14H2,1-2H3. The maximum atomic E-state index is 12.9. The van der Waals surface area contributed by atoms with Gasteiger partial charge >= 0.3 is 0 Å². The number of hydrogen-bond donors (Lipinski definition) is 1. The highest BCUT2D eigenvalue weighted by atomic mass is 16.3. The average Bonchev–Trinajstić information content (AvgIpc) is 2.79. The molecule has 3 aromatic rings. The van der Waals surface area contributed by atoms with Crippen LogP contribution >= 0.6 is 0 Å². The van der Waals surface area contributed by atoms with Crippen molar-refractivity contribution in [1.82, 2.24) is 4.57 Å². The molecule has 31 heavy (non-hydrogen) atoms. The van der Waals surface area contributed by atoms with E-state index in [0.29, 0.717) is 35.3 Å². The Morgan fingerprint density at radius 2 is 1.84 bits per heavy atom. The summed E-state index contributed by atoms with van der Waals surface area (Å²) in [5.41, 5.74) is 1.50. The van der Waals surface area contributed by atoms with Crippen LogP contribution in [0.15, 0.2) is 64.4 Å². The number of carbonyl (C=O) groups excluding carboxylic acids is 1. The zero-order valence-corrected chi connectivity index (χ0v) is 17.5. The van der Waals surface area contributed by atoms with Crippen molar-refractivity contribution in [2.45, 2.75) is 33.2 Å². The molecule has 0 radical (unpaired) electrons. The first-order valence-electron chi connectivity index (χ1n) is 10.1. The van der Waals surface area contributed by atoms with Gasteiger partial charge in [0.2, 0.25) is 5.88 Å². The van der Waals surface area contributed by atoms with Crippen molar-refractivity contribution >= 4 is 17.7 Å². The van der Waals surface area contributed by atoms with E-state index in [9.17, 15) is 20.0 Å². The van der Waals surface area contributed by atoms with Gasteiger partial charge in [0.05, 0.1) is 11.3 Å². The Bertz CT molecular complexity index is 1240. The maximum Gasteiger partial charge on any atom is 0.271 e. The van der Waals surface area contributed by atoms with Gasteiger partial charge in [-0.25, -0.2) is 0 Å². The summed E-state index contributed by atoms with van der Waals surface area (Å²) >= 11 is 0. The van der Waals surface area contributed by atoms with Crippen LogP contribution in [0.3, 0.4) is 0 Å². The van der Waals surface area contributed by atoms with Crippen LogP contribution in [0.25, 0.3) is 0 Å². The number of nitriles is 1. The summed E-state index contributed by atoms with van der Waals surface area (Å²) < 4.78 is 1.21. The van der Waals surface area contributed by atoms with E-state index >= 15 is 0 Å². The lowest BCUT2D eigenvalue weighted by molar-refractivity contribution is 0.103. The Morgan fingerprint density at radius 1 is 1.16 bits per heavy atom. The van der Waals surface area contributed by atoms with Gasteiger partial charge < -0.3 is 5.11 Å². The number of aliphatic imine (C=N–C) groups is 1. The number of aromatic hydroxyl groups is 1. The number of nitrogens with zero attached hydrogens (tertiary/aromatic N) is 3. The number of unbranched alkanes of at least 4 members (excludes halogenated alkanes) is 1. The number of rotatable bonds is 7. The summed E-state index contributed by atoms with van der Waals surface area (Å²) in [6.45, 7) is 3.89. The molecule has 0 aliphatic carbocycles. The fraction of sp³-hybridized carbons (Fsp3) is 0.200. The van der Waals surface area contributed by atoms with Gasteiger partial charge in [0.1, 0.15) is 11.6 Å². The molecule has 6 nitrogen and oxygen atoms in total. The molecule has 0 bridgehead atoms. The van der Waals surface area contributed by atoms with Crippen LogP contribution in [0, 0.1) is 18.3 Å². The highest BCUT2D eigenvalue weighted by Crippen LogP contribution is 2.25. The highest BCUT2D eigenvalue weighted by molar-refractivity contribution is 6.12. The van der Waals surface area contributed by atoms with Gasteiger partial charge in [-0.15, -0.1) is 0 Å². The van der Waals surface area contributed by atoms with E-state index in [0.717, 1.165) is 6.42 Å². The highest BCUT2D eigenvalue weighted by Gasteiger charge is 2.18. The second-order valence-electron chi connectivity index (χ2n) is 7.13. The van der Waals surface area contributed by atoms with Gasteiger partial charge in [-0.2, -0.15) is 5.26 Å². The normalized spacial score (nSPS) is 10.9. The van der Waals surface area contributed by atoms with Crippen LogP contribution in [-0.4, -0.2) is 21.7 Å². The second kappa shape index (κ2) is 9.68. The zero-order valence-electron chi connectivity index (χ0n) is 17.5. The fourth-order valence-corrected chi connectivity index (χ4v) is 3.31. The molecule has 0 saturated carbocycles. The quantitative estimate of drug-likeness (QED) is 0.455. The van der Waals surface area contributed by atoms with Crippen molar-refractivity contribution in [3.8, 4) is 11.9 Å². The van der Waals surface area contributed by atoms with Gasteiger partial charge in [-0.3, -0.25) is 19.1 Å². The minimum atomic E-state index is -0.511. The van der Waals surface area contributed by atoms with E-state index in [1.807, 2.05) is 19.1 Å². The van der Waals surface area contributed by atoms with Gasteiger partial charge in [-0.1, -0.05) is 55.8 Å². The number of ketones is 1. The number of benzene rings is 2. The van der Waals surface area contributed by atoms with Crippen LogP contribution in [0.1, 0.15) is 52.4 Å². The molecule has 1 aromatic heterocycles. The van der Waals surface area contributed by atoms with Crippen LogP contribution in [-0.2, 0) is 6.54 Å². The lowest BCUT2D eigenvalue weighted by Crippen LogP contribution is -2.25. The third kappa shape index (κ3) is 4.46. The fourth-order valence-electron chi connectivity index (χ4n) is 3.31. The Morgan fingerprint density at radius 3 is 2.52 bits per heavy atom. The van der Waals surface area contributed by atoms with Gasteiger partial charge in [-0.05, 0) is 31.0 Å². The van der Waals surface area contributed by atoms with Crippen molar-refractivity contribution < 1.29 is 9.90 Å². The molecule has 6 heteroatoms. The second-order valence-corrected chi connectivity index (χ2v) is 7.13. The number of carbonyl (C=O) groups is 1. The Kier molecular flexibility index (Phi) is 6.78. The summed E-state index contributed by atoms with van der Waals surface area (Å²) in [4.78, 5) is 29.9. The number of aromatic nitrogens is 1. The summed E-state index contributed by atoms with van der Waals surface area (Å²) in [5.74, 6) is -0.398. The van der Waals surface area contributed by atoms with Crippen molar-refractivity contribution in [2.75, 3.05) is 0 Å². The molecule has 0 unspecified atom stereocenters. The molecule has 0 aliphatic heterocycles. The number of pyridine rings is 1. The smallest absolute Gasteiger partial charge is 0.271 e. The zero-order chi connectivity index (χ0) is 22.4. The SMILES string of the molecule is CCCCn1c(O)c(C=Nc2ccccc2C(=O)c2ccccc2)c(C)c(C#N)c1=O. The minimum absolute atomic E-state index is 0.0241. The third-order valence-corrected chi connectivity index (χ3v) is 5.10. The largest absolute Gasteiger partial charge is 0.494 e. The average molecular weight is 413 g/mol. The Balaban J connectivity index is 2.08. The predicted molar refractivity (Wildman–Crippen MR) is 120 cm³/mol. The first kappa shape index (κ1) is 21.7. The summed E-state index contributed by atoms with van der Waals surface area (Å²) in [6, 6.07) is 17.8. The van der Waals surface area contributed by atoms with Crippen LogP contribution in [0.4, 0.5) is 5.69 Å². The van der Waals surface area contributed by atoms with Crippen LogP contribution in [0.2, 0.25) is 0 Å². The molecule has 0 aliphatic rings. The topological polar surface area (TPSA) is 95.4 Å². The molecule has 3 rings (SSSR count). The van der Waals surface area contributed by atoms with E-state index in [1.54, 1.807) is 55.5 Å². The molecule has 2 aromatic carbocycles. The molecule has 1 N–H and O–H groups in total. The van der Waals surface area contributed by atoms with E-state index in [1.165, 1.54) is 10.8 Å². The third-order valence-electron chi connectivity index (χ3n) is 5.10. The lowest BCUT2D eigenvalue weighted by Gasteiger charge is -2.13. The molecular formula is C25H23N3O3. The molecule has 0 saturated heterocycles. The van der Waals surface area contributed by atoms with Crippen molar-refractivity contribution in [2.24, 2.45) is 4.99 Å². The van der Waals surface area contributed by atoms with Gasteiger partial charge in [0.15, 0.2) is 5.78 Å². The lowest BCUT2D eigenvalue weighted by atomic mass is 10.0. The van der Waals surface area contributed by atoms with Crippen LogP contribution < -0.4 is 5.56 Å². The molecule has 0 spiro atoms. The van der Waals surface area contributed by atoms with E-state index < -0.39 is 5.56 Å². The molecular weight excluding hydrogens is 390 g/mol.